The third kappa shape index (κ3) is 3.30. The number of aromatic nitrogens is 1. The highest BCUT2D eigenvalue weighted by atomic mass is 79.9. The highest BCUT2D eigenvalue weighted by Gasteiger charge is 2.18. The van der Waals surface area contributed by atoms with E-state index in [9.17, 15) is 10.1 Å². The van der Waals surface area contributed by atoms with Crippen LogP contribution in [0, 0.1) is 21.4 Å². The molecule has 0 spiro atoms. The summed E-state index contributed by atoms with van der Waals surface area (Å²) in [7, 11) is 0. The SMILES string of the molecule is N#CCc1ccc(Oc2ncc(Br)cc2[N+](=O)[O-])cc1. The van der Waals surface area contributed by atoms with Crippen LogP contribution in [0.5, 0.6) is 11.6 Å². The maximum Gasteiger partial charge on any atom is 0.332 e. The summed E-state index contributed by atoms with van der Waals surface area (Å²) < 4.78 is 5.90. The van der Waals surface area contributed by atoms with E-state index < -0.39 is 4.92 Å². The zero-order chi connectivity index (χ0) is 14.5. The van der Waals surface area contributed by atoms with Crippen LogP contribution in [0.4, 0.5) is 5.69 Å². The first-order valence-electron chi connectivity index (χ1n) is 5.54. The molecule has 0 saturated carbocycles. The van der Waals surface area contributed by atoms with Crippen molar-refractivity contribution in [2.45, 2.75) is 6.42 Å². The topological polar surface area (TPSA) is 89.0 Å². The molecule has 6 nitrogen and oxygen atoms in total. The molecule has 0 bridgehead atoms. The molecule has 0 N–H and O–H groups in total. The average molecular weight is 334 g/mol. The fourth-order valence-electron chi connectivity index (χ4n) is 1.50. The van der Waals surface area contributed by atoms with Gasteiger partial charge < -0.3 is 4.74 Å². The van der Waals surface area contributed by atoms with Gasteiger partial charge >= 0.3 is 5.69 Å². The minimum atomic E-state index is -0.558. The monoisotopic (exact) mass is 333 g/mol. The van der Waals surface area contributed by atoms with Crippen LogP contribution < -0.4 is 4.74 Å². The van der Waals surface area contributed by atoms with Crippen molar-refractivity contribution in [1.82, 2.24) is 4.98 Å². The summed E-state index contributed by atoms with van der Waals surface area (Å²) in [5, 5.41) is 19.5. The van der Waals surface area contributed by atoms with Gasteiger partial charge in [-0.05, 0) is 33.6 Å². The second-order valence-electron chi connectivity index (χ2n) is 3.82. The van der Waals surface area contributed by atoms with E-state index in [-0.39, 0.29) is 11.6 Å². The molecule has 0 fully saturated rings. The van der Waals surface area contributed by atoms with Crippen LogP contribution in [0.25, 0.3) is 0 Å². The molecule has 20 heavy (non-hydrogen) atoms. The predicted octanol–water partition coefficient (Wildman–Crippen LogP) is 3.61. The van der Waals surface area contributed by atoms with Crippen molar-refractivity contribution in [2.75, 3.05) is 0 Å². The molecule has 7 heteroatoms. The van der Waals surface area contributed by atoms with Crippen LogP contribution in [0.2, 0.25) is 0 Å². The summed E-state index contributed by atoms with van der Waals surface area (Å²) >= 11 is 3.12. The van der Waals surface area contributed by atoms with Crippen LogP contribution in [0.15, 0.2) is 41.0 Å². The standard InChI is InChI=1S/C13H8BrN3O3/c14-10-7-12(17(18)19)13(16-8-10)20-11-3-1-9(2-4-11)5-6-15/h1-4,7-8H,5H2. The van der Waals surface area contributed by atoms with Crippen LogP contribution in [0.1, 0.15) is 5.56 Å². The smallest absolute Gasteiger partial charge is 0.332 e. The lowest BCUT2D eigenvalue weighted by Crippen LogP contribution is -1.96. The van der Waals surface area contributed by atoms with Gasteiger partial charge in [0.1, 0.15) is 5.75 Å². The molecule has 0 saturated heterocycles. The number of halogens is 1. The first-order valence-corrected chi connectivity index (χ1v) is 6.33. The third-order valence-electron chi connectivity index (χ3n) is 2.42. The van der Waals surface area contributed by atoms with Gasteiger partial charge in [-0.15, -0.1) is 0 Å². The molecule has 0 aliphatic carbocycles. The first-order chi connectivity index (χ1) is 9.60. The Kier molecular flexibility index (Phi) is 4.27. The molecule has 0 aliphatic heterocycles. The summed E-state index contributed by atoms with van der Waals surface area (Å²) in [4.78, 5) is 14.3. The summed E-state index contributed by atoms with van der Waals surface area (Å²) in [6, 6.07) is 10.1. The Morgan fingerprint density at radius 3 is 2.70 bits per heavy atom. The molecule has 1 aromatic heterocycles. The van der Waals surface area contributed by atoms with Gasteiger partial charge in [-0.3, -0.25) is 10.1 Å². The van der Waals surface area contributed by atoms with Crippen molar-refractivity contribution < 1.29 is 9.66 Å². The molecule has 2 rings (SSSR count). The van der Waals surface area contributed by atoms with Crippen molar-refractivity contribution in [3.05, 3.63) is 56.7 Å². The van der Waals surface area contributed by atoms with E-state index in [4.69, 9.17) is 10.00 Å². The number of nitriles is 1. The second kappa shape index (κ2) is 6.12. The van der Waals surface area contributed by atoms with E-state index in [1.165, 1.54) is 12.3 Å². The van der Waals surface area contributed by atoms with E-state index >= 15 is 0 Å². The molecular weight excluding hydrogens is 326 g/mol. The highest BCUT2D eigenvalue weighted by Crippen LogP contribution is 2.31. The van der Waals surface area contributed by atoms with Crippen LogP contribution in [-0.2, 0) is 6.42 Å². The lowest BCUT2D eigenvalue weighted by molar-refractivity contribution is -0.386. The van der Waals surface area contributed by atoms with E-state index in [1.807, 2.05) is 6.07 Å². The van der Waals surface area contributed by atoms with E-state index in [2.05, 4.69) is 20.9 Å². The summed E-state index contributed by atoms with van der Waals surface area (Å²) in [5.74, 6) is 0.343. The molecule has 0 aliphatic rings. The minimum absolute atomic E-state index is 0.0776. The number of pyridine rings is 1. The van der Waals surface area contributed by atoms with Crippen LogP contribution in [0.3, 0.4) is 0 Å². The van der Waals surface area contributed by atoms with Gasteiger partial charge in [0.2, 0.25) is 0 Å². The Hall–Kier alpha value is -2.46. The molecule has 1 aromatic carbocycles. The number of ether oxygens (including phenoxy) is 1. The fourth-order valence-corrected chi connectivity index (χ4v) is 1.82. The number of hydrogen-bond acceptors (Lipinski definition) is 5. The van der Waals surface area contributed by atoms with Crippen molar-refractivity contribution in [3.8, 4) is 17.7 Å². The Balaban J connectivity index is 2.26. The predicted molar refractivity (Wildman–Crippen MR) is 74.4 cm³/mol. The largest absolute Gasteiger partial charge is 0.434 e. The van der Waals surface area contributed by atoms with Gasteiger partial charge in [0.05, 0.1) is 17.4 Å². The number of rotatable bonds is 4. The third-order valence-corrected chi connectivity index (χ3v) is 2.85. The van der Waals surface area contributed by atoms with Gasteiger partial charge in [0.25, 0.3) is 5.88 Å². The molecule has 0 unspecified atom stereocenters. The maximum absolute atomic E-state index is 10.9. The number of hydrogen-bond donors (Lipinski definition) is 0. The van der Waals surface area contributed by atoms with Gasteiger partial charge in [-0.2, -0.15) is 5.26 Å². The van der Waals surface area contributed by atoms with E-state index in [0.717, 1.165) is 5.56 Å². The Labute approximate surface area is 122 Å². The molecular formula is C13H8BrN3O3. The van der Waals surface area contributed by atoms with Gasteiger partial charge in [0, 0.05) is 16.7 Å². The number of nitrogens with zero attached hydrogens (tertiary/aromatic N) is 3. The van der Waals surface area contributed by atoms with Gasteiger partial charge in [0.15, 0.2) is 0 Å². The molecule has 0 atom stereocenters. The molecule has 1 heterocycles. The summed E-state index contributed by atoms with van der Waals surface area (Å²) in [6.45, 7) is 0. The van der Waals surface area contributed by atoms with Crippen molar-refractivity contribution in [1.29, 1.82) is 5.26 Å². The van der Waals surface area contributed by atoms with Crippen LogP contribution in [-0.4, -0.2) is 9.91 Å². The summed E-state index contributed by atoms with van der Waals surface area (Å²) in [6.07, 6.45) is 1.73. The lowest BCUT2D eigenvalue weighted by Gasteiger charge is -2.05. The van der Waals surface area contributed by atoms with Crippen molar-refractivity contribution >= 4 is 21.6 Å². The number of nitro groups is 1. The summed E-state index contributed by atoms with van der Waals surface area (Å²) in [5.41, 5.74) is 0.624. The zero-order valence-corrected chi connectivity index (χ0v) is 11.7. The molecule has 0 radical (unpaired) electrons. The fraction of sp³-hybridized carbons (Fsp3) is 0.0769. The van der Waals surface area contributed by atoms with E-state index in [1.54, 1.807) is 24.3 Å². The highest BCUT2D eigenvalue weighted by molar-refractivity contribution is 9.10. The first kappa shape index (κ1) is 14.0. The van der Waals surface area contributed by atoms with Crippen LogP contribution >= 0.6 is 15.9 Å². The minimum Gasteiger partial charge on any atom is -0.434 e. The Morgan fingerprint density at radius 1 is 1.40 bits per heavy atom. The molecule has 100 valence electrons. The maximum atomic E-state index is 10.9. The Morgan fingerprint density at radius 2 is 2.10 bits per heavy atom. The zero-order valence-electron chi connectivity index (χ0n) is 10.1. The van der Waals surface area contributed by atoms with Gasteiger partial charge in [-0.25, -0.2) is 4.98 Å². The molecule has 2 aromatic rings. The average Bonchev–Trinajstić information content (AvgIpc) is 2.43. The molecule has 0 amide bonds. The normalized spacial score (nSPS) is 9.80. The second-order valence-corrected chi connectivity index (χ2v) is 4.73. The van der Waals surface area contributed by atoms with E-state index in [0.29, 0.717) is 16.6 Å². The van der Waals surface area contributed by atoms with Crippen molar-refractivity contribution in [2.24, 2.45) is 0 Å². The Bertz CT molecular complexity index is 680. The lowest BCUT2D eigenvalue weighted by atomic mass is 10.2. The quantitative estimate of drug-likeness (QED) is 0.629. The van der Waals surface area contributed by atoms with Gasteiger partial charge in [-0.1, -0.05) is 12.1 Å². The van der Waals surface area contributed by atoms with Crippen molar-refractivity contribution in [3.63, 3.8) is 0 Å². The number of benzene rings is 1.